The highest BCUT2D eigenvalue weighted by molar-refractivity contribution is 8.29. The largest absolute Gasteiger partial charge is 0.444 e. The van der Waals surface area contributed by atoms with Crippen molar-refractivity contribution < 1.29 is 14.1 Å². The highest BCUT2D eigenvalue weighted by atomic mass is 32.3. The zero-order chi connectivity index (χ0) is 18.5. The van der Waals surface area contributed by atoms with Gasteiger partial charge in [-0.3, -0.25) is 0 Å². The van der Waals surface area contributed by atoms with Gasteiger partial charge in [0, 0.05) is 17.3 Å². The van der Waals surface area contributed by atoms with Crippen LogP contribution in [0.15, 0.2) is 0 Å². The second-order valence-corrected chi connectivity index (χ2v) is 12.5. The lowest BCUT2D eigenvalue weighted by molar-refractivity contribution is 0.0491. The fourth-order valence-electron chi connectivity index (χ4n) is 1.74. The Morgan fingerprint density at radius 3 is 2.00 bits per heavy atom. The third kappa shape index (κ3) is 10.8. The summed E-state index contributed by atoms with van der Waals surface area (Å²) in [6.45, 7) is 15.8. The van der Waals surface area contributed by atoms with Crippen LogP contribution in [0.1, 0.15) is 54.9 Å². The first-order chi connectivity index (χ1) is 10.1. The summed E-state index contributed by atoms with van der Waals surface area (Å²) in [5.74, 6) is 0.610. The molecule has 140 valence electrons. The molecular weight excluding hydrogens is 312 g/mol. The minimum absolute atomic E-state index is 0.0764. The first kappa shape index (κ1) is 22.5. The standard InChI is InChI=1S/C11H22N2O2.C6H16OS/c1-8-5-9(7-12-6-8)13-10(14)15-11(2,3)4;1-6(2,3)8(4,5)7/h8-9,12H,5-7H2,1-4H3,(H,13,14);7H,1-5H3. The van der Waals surface area contributed by atoms with E-state index in [1.807, 2.05) is 33.3 Å². The molecule has 1 heterocycles. The number of ether oxygens (including phenoxy) is 1. The van der Waals surface area contributed by atoms with E-state index in [4.69, 9.17) is 4.74 Å². The summed E-state index contributed by atoms with van der Waals surface area (Å²) in [5.41, 5.74) is -0.419. The lowest BCUT2D eigenvalue weighted by Gasteiger charge is -2.38. The molecule has 0 aliphatic carbocycles. The van der Waals surface area contributed by atoms with Crippen LogP contribution in [-0.4, -0.2) is 52.6 Å². The average Bonchev–Trinajstić information content (AvgIpc) is 2.23. The molecule has 5 nitrogen and oxygen atoms in total. The molecule has 1 aliphatic heterocycles. The summed E-state index contributed by atoms with van der Waals surface area (Å²) >= 11 is 0. The molecule has 0 spiro atoms. The molecular formula is C17H38N2O3S. The Bertz CT molecular complexity index is 356. The van der Waals surface area contributed by atoms with Crippen LogP contribution in [0.4, 0.5) is 4.79 Å². The van der Waals surface area contributed by atoms with Gasteiger partial charge in [-0.15, -0.1) is 10.3 Å². The third-order valence-corrected chi connectivity index (χ3v) is 6.79. The summed E-state index contributed by atoms with van der Waals surface area (Å²) in [7, 11) is -1.34. The van der Waals surface area contributed by atoms with Gasteiger partial charge in [-0.05, 0) is 52.2 Å². The number of nitrogens with one attached hydrogen (secondary N) is 2. The van der Waals surface area contributed by atoms with Gasteiger partial charge in [-0.1, -0.05) is 27.7 Å². The Morgan fingerprint density at radius 2 is 1.65 bits per heavy atom. The van der Waals surface area contributed by atoms with Crippen LogP contribution in [0.5, 0.6) is 0 Å². The van der Waals surface area contributed by atoms with Crippen LogP contribution in [0.2, 0.25) is 0 Å². The maximum Gasteiger partial charge on any atom is 0.407 e. The smallest absolute Gasteiger partial charge is 0.407 e. The molecule has 0 aromatic carbocycles. The van der Waals surface area contributed by atoms with Gasteiger partial charge in [0.1, 0.15) is 5.60 Å². The predicted molar refractivity (Wildman–Crippen MR) is 102 cm³/mol. The third-order valence-electron chi connectivity index (χ3n) is 3.79. The summed E-state index contributed by atoms with van der Waals surface area (Å²) in [4.78, 5) is 11.5. The lowest BCUT2D eigenvalue weighted by atomic mass is 9.98. The van der Waals surface area contributed by atoms with E-state index < -0.39 is 15.9 Å². The molecule has 2 atom stereocenters. The molecule has 6 heteroatoms. The van der Waals surface area contributed by atoms with Crippen molar-refractivity contribution in [2.45, 2.75) is 71.3 Å². The molecule has 3 N–H and O–H groups in total. The highest BCUT2D eigenvalue weighted by Crippen LogP contribution is 2.48. The second-order valence-electron chi connectivity index (χ2n) is 8.73. The van der Waals surface area contributed by atoms with E-state index in [1.54, 1.807) is 0 Å². The first-order valence-corrected chi connectivity index (χ1v) is 10.7. The molecule has 0 radical (unpaired) electrons. The Morgan fingerprint density at radius 1 is 1.17 bits per heavy atom. The number of amides is 1. The van der Waals surface area contributed by atoms with Gasteiger partial charge < -0.3 is 19.9 Å². The van der Waals surface area contributed by atoms with E-state index in [0.717, 1.165) is 19.5 Å². The van der Waals surface area contributed by atoms with Crippen molar-refractivity contribution in [1.82, 2.24) is 10.6 Å². The van der Waals surface area contributed by atoms with Crippen LogP contribution in [0, 0.1) is 5.92 Å². The van der Waals surface area contributed by atoms with E-state index in [2.05, 4.69) is 38.3 Å². The predicted octanol–water partition coefficient (Wildman–Crippen LogP) is 3.83. The number of carbonyl (C=O) groups is 1. The molecule has 1 rings (SSSR count). The summed E-state index contributed by atoms with van der Waals surface area (Å²) in [6, 6.07) is 0.198. The zero-order valence-electron chi connectivity index (χ0n) is 16.4. The van der Waals surface area contributed by atoms with Crippen LogP contribution in [0.3, 0.4) is 0 Å². The van der Waals surface area contributed by atoms with Gasteiger partial charge in [-0.2, -0.15) is 0 Å². The minimum atomic E-state index is -1.34. The first-order valence-electron chi connectivity index (χ1n) is 8.27. The van der Waals surface area contributed by atoms with Crippen molar-refractivity contribution >= 4 is 16.4 Å². The average molecular weight is 351 g/mol. The van der Waals surface area contributed by atoms with Gasteiger partial charge in [0.15, 0.2) is 0 Å². The van der Waals surface area contributed by atoms with E-state index in [1.165, 1.54) is 0 Å². The summed E-state index contributed by atoms with van der Waals surface area (Å²) in [5, 5.41) is 6.16. The monoisotopic (exact) mass is 350 g/mol. The van der Waals surface area contributed by atoms with Crippen LogP contribution in [-0.2, 0) is 4.74 Å². The molecule has 1 aliphatic rings. The minimum Gasteiger partial charge on any atom is -0.444 e. The Kier molecular flexibility index (Phi) is 8.41. The Hall–Kier alpha value is -0.460. The van der Waals surface area contributed by atoms with Crippen molar-refractivity contribution in [3.8, 4) is 0 Å². The summed E-state index contributed by atoms with van der Waals surface area (Å²) < 4.78 is 14.7. The number of rotatable bonds is 1. The Balaban J connectivity index is 0.000000515. The van der Waals surface area contributed by atoms with Crippen molar-refractivity contribution in [3.63, 3.8) is 0 Å². The molecule has 23 heavy (non-hydrogen) atoms. The lowest BCUT2D eigenvalue weighted by Crippen LogP contribution is -2.49. The quantitative estimate of drug-likeness (QED) is 0.672. The number of hydrogen-bond acceptors (Lipinski definition) is 4. The van der Waals surface area contributed by atoms with Gasteiger partial charge in [0.05, 0.1) is 0 Å². The van der Waals surface area contributed by atoms with Crippen LogP contribution in [0.25, 0.3) is 0 Å². The van der Waals surface area contributed by atoms with Gasteiger partial charge in [-0.25, -0.2) is 4.79 Å². The van der Waals surface area contributed by atoms with Crippen molar-refractivity contribution in [1.29, 1.82) is 0 Å². The van der Waals surface area contributed by atoms with Crippen molar-refractivity contribution in [3.05, 3.63) is 0 Å². The highest BCUT2D eigenvalue weighted by Gasteiger charge is 2.24. The fourth-order valence-corrected chi connectivity index (χ4v) is 1.74. The van der Waals surface area contributed by atoms with Crippen molar-refractivity contribution in [2.24, 2.45) is 5.92 Å². The van der Waals surface area contributed by atoms with E-state index in [0.29, 0.717) is 5.92 Å². The maximum atomic E-state index is 11.5. The molecule has 1 fully saturated rings. The Labute approximate surface area is 144 Å². The SMILES string of the molecule is CC(C)(C)S(C)(C)O.CC1CNCC(NC(=O)OC(C)(C)C)C1. The normalized spacial score (nSPS) is 23.4. The van der Waals surface area contributed by atoms with Gasteiger partial charge >= 0.3 is 6.09 Å². The summed E-state index contributed by atoms with van der Waals surface area (Å²) in [6.07, 6.45) is 4.52. The van der Waals surface area contributed by atoms with Gasteiger partial charge in [0.2, 0.25) is 0 Å². The molecule has 0 aromatic rings. The van der Waals surface area contributed by atoms with Crippen LogP contribution < -0.4 is 10.6 Å². The van der Waals surface area contributed by atoms with Gasteiger partial charge in [0.25, 0.3) is 0 Å². The topological polar surface area (TPSA) is 70.6 Å². The maximum absolute atomic E-state index is 11.5. The molecule has 2 unspecified atom stereocenters. The molecule has 1 amide bonds. The number of piperidine rings is 1. The van der Waals surface area contributed by atoms with Crippen molar-refractivity contribution in [2.75, 3.05) is 25.6 Å². The van der Waals surface area contributed by atoms with Crippen LogP contribution >= 0.6 is 10.3 Å². The molecule has 1 saturated heterocycles. The number of alkyl carbamates (subject to hydrolysis) is 1. The second kappa shape index (κ2) is 8.58. The van der Waals surface area contributed by atoms with E-state index in [9.17, 15) is 9.35 Å². The number of carbonyl (C=O) groups excluding carboxylic acids is 1. The molecule has 0 aromatic heterocycles. The fraction of sp³-hybridized carbons (Fsp3) is 0.941. The molecule has 0 bridgehead atoms. The number of hydrogen-bond donors (Lipinski definition) is 3. The molecule has 0 saturated carbocycles. The van der Waals surface area contributed by atoms with E-state index >= 15 is 0 Å². The zero-order valence-corrected chi connectivity index (χ0v) is 17.3. The van der Waals surface area contributed by atoms with E-state index in [-0.39, 0.29) is 16.9 Å².